The first-order valence-corrected chi connectivity index (χ1v) is 14.0. The van der Waals surface area contributed by atoms with Gasteiger partial charge in [0.25, 0.3) is 0 Å². The number of ether oxygens (including phenoxy) is 3. The topological polar surface area (TPSA) is 57.1 Å². The average molecular weight is 502 g/mol. The van der Waals surface area contributed by atoms with Crippen molar-refractivity contribution in [2.24, 2.45) is 10.9 Å². The van der Waals surface area contributed by atoms with Gasteiger partial charge in [0.2, 0.25) is 0 Å². The molecular formula is C24H28BrNO4Si. The molecule has 2 atom stereocenters. The number of methoxy groups -OCH3 is 2. The van der Waals surface area contributed by atoms with Crippen molar-refractivity contribution in [3.05, 3.63) is 75.6 Å². The van der Waals surface area contributed by atoms with Gasteiger partial charge in [-0.15, -0.1) is 0 Å². The molecule has 0 aromatic heterocycles. The van der Waals surface area contributed by atoms with Gasteiger partial charge in [-0.1, -0.05) is 89.7 Å². The zero-order chi connectivity index (χ0) is 22.6. The smallest absolute Gasteiger partial charge is 0.389 e. The summed E-state index contributed by atoms with van der Waals surface area (Å²) in [6.07, 6.45) is 0.373. The molecule has 3 rings (SSSR count). The predicted molar refractivity (Wildman–Crippen MR) is 129 cm³/mol. The molecule has 2 aromatic rings. The van der Waals surface area contributed by atoms with Gasteiger partial charge in [-0.2, -0.15) is 0 Å². The maximum absolute atomic E-state index is 12.4. The fourth-order valence-corrected chi connectivity index (χ4v) is 7.30. The van der Waals surface area contributed by atoms with Gasteiger partial charge < -0.3 is 14.2 Å². The first-order chi connectivity index (χ1) is 14.8. The van der Waals surface area contributed by atoms with Crippen molar-refractivity contribution in [1.29, 1.82) is 0 Å². The van der Waals surface area contributed by atoms with E-state index in [1.54, 1.807) is 7.11 Å². The van der Waals surface area contributed by atoms with Gasteiger partial charge in [0.15, 0.2) is 0 Å². The Labute approximate surface area is 193 Å². The summed E-state index contributed by atoms with van der Waals surface area (Å²) in [7, 11) is 0.688. The van der Waals surface area contributed by atoms with Crippen LogP contribution in [-0.4, -0.2) is 34.3 Å². The van der Waals surface area contributed by atoms with Gasteiger partial charge in [-0.25, -0.2) is 4.99 Å². The number of esters is 1. The second-order valence-corrected chi connectivity index (χ2v) is 13.3. The highest BCUT2D eigenvalue weighted by atomic mass is 79.9. The Hall–Kier alpha value is -2.38. The van der Waals surface area contributed by atoms with Gasteiger partial charge in [0.05, 0.1) is 26.7 Å². The fraction of sp³-hybridized carbons (Fsp3) is 0.333. The van der Waals surface area contributed by atoms with Crippen LogP contribution in [0.3, 0.4) is 0 Å². The van der Waals surface area contributed by atoms with E-state index in [-0.39, 0.29) is 30.4 Å². The molecule has 0 spiro atoms. The minimum Gasteiger partial charge on any atom is -0.469 e. The molecule has 0 aliphatic carbocycles. The lowest BCUT2D eigenvalue weighted by molar-refractivity contribution is -0.139. The molecule has 0 radical (unpaired) electrons. The van der Waals surface area contributed by atoms with E-state index >= 15 is 0 Å². The lowest BCUT2D eigenvalue weighted by atomic mass is 9.92. The van der Waals surface area contributed by atoms with Crippen molar-refractivity contribution < 1.29 is 19.0 Å². The quantitative estimate of drug-likeness (QED) is 0.420. The van der Waals surface area contributed by atoms with E-state index in [9.17, 15) is 4.79 Å². The van der Waals surface area contributed by atoms with Gasteiger partial charge in [-0.3, -0.25) is 4.79 Å². The van der Waals surface area contributed by atoms with Crippen LogP contribution in [-0.2, 0) is 19.0 Å². The molecule has 7 heteroatoms. The monoisotopic (exact) mass is 501 g/mol. The van der Waals surface area contributed by atoms with E-state index < -0.39 is 8.07 Å². The molecule has 1 aliphatic heterocycles. The second-order valence-electron chi connectivity index (χ2n) is 8.04. The highest BCUT2D eigenvalue weighted by Gasteiger charge is 2.40. The van der Waals surface area contributed by atoms with Crippen LogP contribution in [0.1, 0.15) is 24.9 Å². The molecule has 0 N–H and O–H groups in total. The summed E-state index contributed by atoms with van der Waals surface area (Å²) in [5.74, 6) is 0.375. The zero-order valence-corrected chi connectivity index (χ0v) is 21.1. The molecule has 0 bridgehead atoms. The fourth-order valence-electron chi connectivity index (χ4n) is 3.93. The van der Waals surface area contributed by atoms with Gasteiger partial charge in [0.1, 0.15) is 13.8 Å². The maximum Gasteiger partial charge on any atom is 0.389 e. The third-order valence-electron chi connectivity index (χ3n) is 5.82. The van der Waals surface area contributed by atoms with Crippen LogP contribution >= 0.6 is 15.9 Å². The van der Waals surface area contributed by atoms with Crippen molar-refractivity contribution in [3.63, 3.8) is 0 Å². The molecule has 0 saturated heterocycles. The third kappa shape index (κ3) is 4.93. The normalized spacial score (nSPS) is 20.4. The number of rotatable bonds is 5. The number of halogens is 1. The SMILES string of the molecule is COC(=O)C/C(=C1\OC(OC)=N[C@H](c2ccccc2Br)[C@@H]1C)[Si](C)(C)c1ccccc1. The van der Waals surface area contributed by atoms with Crippen LogP contribution in [0.15, 0.2) is 75.0 Å². The Bertz CT molecular complexity index is 1000. The predicted octanol–water partition coefficient (Wildman–Crippen LogP) is 5.13. The van der Waals surface area contributed by atoms with Crippen LogP contribution in [0.2, 0.25) is 13.1 Å². The largest absolute Gasteiger partial charge is 0.469 e. The number of nitrogens with zero attached hydrogens (tertiary/aromatic N) is 1. The third-order valence-corrected chi connectivity index (χ3v) is 10.3. The standard InChI is InChI=1S/C24H28BrNO4Si/c1-16-22(18-13-9-10-14-19(18)25)26-24(29-3)30-23(16)20(15-21(27)28-2)31(4,5)17-11-7-6-8-12-17/h6-14,16,22H,15H2,1-5H3/b23-20+/t16-,22-/m0/s1. The highest BCUT2D eigenvalue weighted by molar-refractivity contribution is 9.10. The first-order valence-electron chi connectivity index (χ1n) is 10.2. The Morgan fingerprint density at radius 1 is 1.10 bits per heavy atom. The Morgan fingerprint density at radius 2 is 1.74 bits per heavy atom. The summed E-state index contributed by atoms with van der Waals surface area (Å²) in [4.78, 5) is 17.2. The number of aliphatic imine (C=N–C) groups is 1. The molecule has 0 unspecified atom stereocenters. The average Bonchev–Trinajstić information content (AvgIpc) is 2.78. The molecule has 0 saturated carbocycles. The first kappa shape index (κ1) is 23.3. The van der Waals surface area contributed by atoms with Crippen LogP contribution in [0.25, 0.3) is 0 Å². The summed E-state index contributed by atoms with van der Waals surface area (Å²) in [6.45, 7) is 6.55. The number of carbonyl (C=O) groups is 1. The number of benzene rings is 2. The lowest BCUT2D eigenvalue weighted by Gasteiger charge is -2.35. The summed E-state index contributed by atoms with van der Waals surface area (Å²) < 4.78 is 17.6. The Morgan fingerprint density at radius 3 is 2.35 bits per heavy atom. The van der Waals surface area contributed by atoms with Crippen LogP contribution < -0.4 is 5.19 Å². The van der Waals surface area contributed by atoms with E-state index in [2.05, 4.69) is 48.1 Å². The van der Waals surface area contributed by atoms with Crippen LogP contribution in [0.5, 0.6) is 0 Å². The van der Waals surface area contributed by atoms with Crippen molar-refractivity contribution in [1.82, 2.24) is 0 Å². The van der Waals surface area contributed by atoms with E-state index in [1.165, 1.54) is 12.3 Å². The van der Waals surface area contributed by atoms with E-state index in [0.717, 1.165) is 21.0 Å². The number of hydrogen-bond donors (Lipinski definition) is 0. The van der Waals surface area contributed by atoms with Gasteiger partial charge >= 0.3 is 12.1 Å². The molecule has 5 nitrogen and oxygen atoms in total. The molecule has 0 fully saturated rings. The van der Waals surface area contributed by atoms with Crippen molar-refractivity contribution in [3.8, 4) is 0 Å². The van der Waals surface area contributed by atoms with Gasteiger partial charge in [-0.05, 0) is 16.8 Å². The van der Waals surface area contributed by atoms with Crippen molar-refractivity contribution in [2.45, 2.75) is 32.5 Å². The van der Waals surface area contributed by atoms with E-state index in [0.29, 0.717) is 0 Å². The molecule has 31 heavy (non-hydrogen) atoms. The molecule has 1 aliphatic rings. The minimum absolute atomic E-state index is 0.0901. The zero-order valence-electron chi connectivity index (χ0n) is 18.5. The minimum atomic E-state index is -2.27. The summed E-state index contributed by atoms with van der Waals surface area (Å²) >= 11 is 3.65. The Kier molecular flexibility index (Phi) is 7.38. The highest BCUT2D eigenvalue weighted by Crippen LogP contribution is 2.41. The molecule has 1 heterocycles. The molecule has 164 valence electrons. The van der Waals surface area contributed by atoms with Crippen molar-refractivity contribution in [2.75, 3.05) is 14.2 Å². The molecule has 2 aromatic carbocycles. The maximum atomic E-state index is 12.4. The van der Waals surface area contributed by atoms with Gasteiger partial charge in [0, 0.05) is 10.4 Å². The number of hydrogen-bond acceptors (Lipinski definition) is 5. The lowest BCUT2D eigenvalue weighted by Crippen LogP contribution is -2.46. The van der Waals surface area contributed by atoms with Crippen molar-refractivity contribution >= 4 is 41.2 Å². The van der Waals surface area contributed by atoms with E-state index in [4.69, 9.17) is 19.2 Å². The summed E-state index contributed by atoms with van der Waals surface area (Å²) in [5.41, 5.74) is 1.04. The van der Waals surface area contributed by atoms with E-state index in [1.807, 2.05) is 42.5 Å². The number of carbonyl (C=O) groups excluding carboxylic acids is 1. The summed E-state index contributed by atoms with van der Waals surface area (Å²) in [5, 5.41) is 2.20. The Balaban J connectivity index is 2.19. The van der Waals surface area contributed by atoms with Crippen LogP contribution in [0.4, 0.5) is 0 Å². The summed E-state index contributed by atoms with van der Waals surface area (Å²) in [6, 6.07) is 18.1. The second kappa shape index (κ2) is 9.83. The van der Waals surface area contributed by atoms with Crippen LogP contribution in [0, 0.1) is 5.92 Å². The molecular weight excluding hydrogens is 474 g/mol. The molecule has 0 amide bonds.